The first kappa shape index (κ1) is 11.7. The molecule has 0 aliphatic heterocycles. The summed E-state index contributed by atoms with van der Waals surface area (Å²) in [6.45, 7) is 0.493. The maximum absolute atomic E-state index is 11.1. The van der Waals surface area contributed by atoms with E-state index < -0.39 is 11.5 Å². The minimum atomic E-state index is -1.07. The Labute approximate surface area is 77.2 Å². The number of halogens is 1. The van der Waals surface area contributed by atoms with Crippen LogP contribution in [0.15, 0.2) is 0 Å². The molecule has 0 radical (unpaired) electrons. The van der Waals surface area contributed by atoms with Crippen LogP contribution >= 0.6 is 11.6 Å². The van der Waals surface area contributed by atoms with Gasteiger partial charge < -0.3 is 16.2 Å². The van der Waals surface area contributed by atoms with E-state index >= 15 is 0 Å². The van der Waals surface area contributed by atoms with E-state index in [2.05, 4.69) is 4.74 Å². The average Bonchev–Trinajstić information content (AvgIpc) is 2.12. The van der Waals surface area contributed by atoms with E-state index in [1.165, 1.54) is 7.11 Å². The van der Waals surface area contributed by atoms with Crippen LogP contribution in [0.3, 0.4) is 0 Å². The molecule has 4 nitrogen and oxygen atoms in total. The topological polar surface area (TPSA) is 78.3 Å². The van der Waals surface area contributed by atoms with Crippen LogP contribution in [0.2, 0.25) is 0 Å². The summed E-state index contributed by atoms with van der Waals surface area (Å²) >= 11 is 5.55. The van der Waals surface area contributed by atoms with Crippen molar-refractivity contribution in [3.63, 3.8) is 0 Å². The molecule has 0 saturated heterocycles. The maximum atomic E-state index is 11.1. The lowest BCUT2D eigenvalue weighted by Gasteiger charge is -2.23. The standard InChI is InChI=1S/C7H15ClN2O2/c1-12-6(11)7(10,5-8)3-2-4-9/h2-5,9-10H2,1H3/t7-/m0/s1. The van der Waals surface area contributed by atoms with E-state index in [9.17, 15) is 4.79 Å². The lowest BCUT2D eigenvalue weighted by atomic mass is 9.97. The summed E-state index contributed by atoms with van der Waals surface area (Å²) in [5.74, 6) is -0.425. The highest BCUT2D eigenvalue weighted by Crippen LogP contribution is 2.13. The van der Waals surface area contributed by atoms with Crippen molar-refractivity contribution in [2.45, 2.75) is 18.4 Å². The number of ether oxygens (including phenoxy) is 1. The third kappa shape index (κ3) is 2.97. The van der Waals surface area contributed by atoms with Crippen molar-refractivity contribution in [2.24, 2.45) is 11.5 Å². The number of hydrogen-bond acceptors (Lipinski definition) is 4. The number of esters is 1. The molecule has 0 rings (SSSR count). The van der Waals surface area contributed by atoms with Gasteiger partial charge in [-0.3, -0.25) is 4.79 Å². The number of alkyl halides is 1. The van der Waals surface area contributed by atoms with Crippen LogP contribution in [-0.4, -0.2) is 31.0 Å². The average molecular weight is 195 g/mol. The SMILES string of the molecule is COC(=O)[C@@](N)(CCl)CCCN. The molecule has 72 valence electrons. The molecular weight excluding hydrogens is 180 g/mol. The van der Waals surface area contributed by atoms with E-state index in [-0.39, 0.29) is 5.88 Å². The molecule has 0 fully saturated rings. The Kier molecular flexibility index (Phi) is 5.20. The highest BCUT2D eigenvalue weighted by atomic mass is 35.5. The smallest absolute Gasteiger partial charge is 0.327 e. The van der Waals surface area contributed by atoms with Crippen LogP contribution < -0.4 is 11.5 Å². The third-order valence-electron chi connectivity index (χ3n) is 1.66. The number of carbonyl (C=O) groups is 1. The molecular formula is C7H15ClN2O2. The molecule has 0 aromatic rings. The highest BCUT2D eigenvalue weighted by Gasteiger charge is 2.33. The van der Waals surface area contributed by atoms with Crippen LogP contribution in [0.25, 0.3) is 0 Å². The van der Waals surface area contributed by atoms with E-state index in [0.717, 1.165) is 0 Å². The van der Waals surface area contributed by atoms with Crippen LogP contribution in [0.5, 0.6) is 0 Å². The van der Waals surface area contributed by atoms with Crippen molar-refractivity contribution in [3.05, 3.63) is 0 Å². The quantitative estimate of drug-likeness (QED) is 0.471. The van der Waals surface area contributed by atoms with Gasteiger partial charge in [-0.05, 0) is 19.4 Å². The van der Waals surface area contributed by atoms with Gasteiger partial charge in [-0.2, -0.15) is 0 Å². The fourth-order valence-electron chi connectivity index (χ4n) is 0.844. The molecule has 12 heavy (non-hydrogen) atoms. The lowest BCUT2D eigenvalue weighted by Crippen LogP contribution is -2.50. The minimum absolute atomic E-state index is 0.0552. The van der Waals surface area contributed by atoms with E-state index in [4.69, 9.17) is 23.1 Å². The van der Waals surface area contributed by atoms with Gasteiger partial charge in [0.25, 0.3) is 0 Å². The summed E-state index contributed by atoms with van der Waals surface area (Å²) in [7, 11) is 1.29. The predicted octanol–water partition coefficient (Wildman–Crippen LogP) is -0.165. The van der Waals surface area contributed by atoms with Crippen molar-refractivity contribution < 1.29 is 9.53 Å². The third-order valence-corrected chi connectivity index (χ3v) is 2.13. The van der Waals surface area contributed by atoms with Gasteiger partial charge in [-0.1, -0.05) is 0 Å². The Morgan fingerprint density at radius 3 is 2.58 bits per heavy atom. The fourth-order valence-corrected chi connectivity index (χ4v) is 1.09. The molecule has 0 saturated carbocycles. The van der Waals surface area contributed by atoms with Crippen LogP contribution in [-0.2, 0) is 9.53 Å². The Morgan fingerprint density at radius 1 is 1.67 bits per heavy atom. The highest BCUT2D eigenvalue weighted by molar-refractivity contribution is 6.20. The number of methoxy groups -OCH3 is 1. The Morgan fingerprint density at radius 2 is 2.25 bits per heavy atom. The summed E-state index contributed by atoms with van der Waals surface area (Å²) in [6.07, 6.45) is 1.12. The van der Waals surface area contributed by atoms with Gasteiger partial charge in [0, 0.05) is 0 Å². The van der Waals surface area contributed by atoms with Crippen molar-refractivity contribution in [1.29, 1.82) is 0 Å². The van der Waals surface area contributed by atoms with Gasteiger partial charge in [0.2, 0.25) is 0 Å². The molecule has 0 aliphatic rings. The zero-order chi connectivity index (χ0) is 9.61. The Bertz CT molecular complexity index is 154. The van der Waals surface area contributed by atoms with Gasteiger partial charge in [0.1, 0.15) is 5.54 Å². The molecule has 4 N–H and O–H groups in total. The van der Waals surface area contributed by atoms with Gasteiger partial charge in [-0.15, -0.1) is 11.6 Å². The lowest BCUT2D eigenvalue weighted by molar-refractivity contribution is -0.146. The van der Waals surface area contributed by atoms with Crippen molar-refractivity contribution in [2.75, 3.05) is 19.5 Å². The maximum Gasteiger partial charge on any atom is 0.327 e. The molecule has 0 aliphatic carbocycles. The summed E-state index contributed by atoms with van der Waals surface area (Å²) < 4.78 is 4.51. The fraction of sp³-hybridized carbons (Fsp3) is 0.857. The molecule has 1 atom stereocenters. The van der Waals surface area contributed by atoms with E-state index in [0.29, 0.717) is 19.4 Å². The summed E-state index contributed by atoms with van der Waals surface area (Å²) in [4.78, 5) is 11.1. The molecule has 0 bridgehead atoms. The second-order valence-corrected chi connectivity index (χ2v) is 2.94. The van der Waals surface area contributed by atoms with Crippen molar-refractivity contribution >= 4 is 17.6 Å². The first-order valence-electron chi connectivity index (χ1n) is 3.74. The monoisotopic (exact) mass is 194 g/mol. The normalized spacial score (nSPS) is 15.3. The predicted molar refractivity (Wildman–Crippen MR) is 47.9 cm³/mol. The Balaban J connectivity index is 4.13. The van der Waals surface area contributed by atoms with Gasteiger partial charge >= 0.3 is 5.97 Å². The second-order valence-electron chi connectivity index (χ2n) is 2.67. The van der Waals surface area contributed by atoms with Crippen LogP contribution in [0.4, 0.5) is 0 Å². The first-order valence-corrected chi connectivity index (χ1v) is 4.27. The molecule has 0 unspecified atom stereocenters. The Hall–Kier alpha value is -0.320. The van der Waals surface area contributed by atoms with Crippen LogP contribution in [0.1, 0.15) is 12.8 Å². The van der Waals surface area contributed by atoms with E-state index in [1.54, 1.807) is 0 Å². The minimum Gasteiger partial charge on any atom is -0.468 e. The number of carbonyl (C=O) groups excluding carboxylic acids is 1. The molecule has 0 aromatic carbocycles. The molecule has 0 amide bonds. The largest absolute Gasteiger partial charge is 0.468 e. The molecule has 0 spiro atoms. The number of nitrogens with two attached hydrogens (primary N) is 2. The molecule has 0 aromatic heterocycles. The molecule has 5 heteroatoms. The number of rotatable bonds is 5. The van der Waals surface area contributed by atoms with Gasteiger partial charge in [-0.25, -0.2) is 0 Å². The van der Waals surface area contributed by atoms with Crippen molar-refractivity contribution in [1.82, 2.24) is 0 Å². The summed E-state index contributed by atoms with van der Waals surface area (Å²) in [5.41, 5.74) is 9.88. The van der Waals surface area contributed by atoms with Gasteiger partial charge in [0.05, 0.1) is 13.0 Å². The van der Waals surface area contributed by atoms with Crippen molar-refractivity contribution in [3.8, 4) is 0 Å². The first-order chi connectivity index (χ1) is 5.60. The van der Waals surface area contributed by atoms with Crippen LogP contribution in [0, 0.1) is 0 Å². The van der Waals surface area contributed by atoms with E-state index in [1.807, 2.05) is 0 Å². The summed E-state index contributed by atoms with van der Waals surface area (Å²) in [5, 5.41) is 0. The molecule has 0 heterocycles. The summed E-state index contributed by atoms with van der Waals surface area (Å²) in [6, 6.07) is 0. The second kappa shape index (κ2) is 5.35. The number of hydrogen-bond donors (Lipinski definition) is 2. The zero-order valence-corrected chi connectivity index (χ0v) is 7.93. The zero-order valence-electron chi connectivity index (χ0n) is 7.18. The van der Waals surface area contributed by atoms with Gasteiger partial charge in [0.15, 0.2) is 0 Å².